The monoisotopic (exact) mass is 436 g/mol. The van der Waals surface area contributed by atoms with Crippen molar-refractivity contribution in [3.8, 4) is 0 Å². The summed E-state index contributed by atoms with van der Waals surface area (Å²) in [7, 11) is 0. The first kappa shape index (κ1) is 21.0. The summed E-state index contributed by atoms with van der Waals surface area (Å²) < 4.78 is 5.43. The zero-order valence-electron chi connectivity index (χ0n) is 18.4. The van der Waals surface area contributed by atoms with Gasteiger partial charge in [0, 0.05) is 37.4 Å². The van der Waals surface area contributed by atoms with Gasteiger partial charge in [-0.05, 0) is 49.1 Å². The van der Waals surface area contributed by atoms with Gasteiger partial charge in [0.1, 0.15) is 5.82 Å². The summed E-state index contributed by atoms with van der Waals surface area (Å²) in [5, 5.41) is 10.00. The van der Waals surface area contributed by atoms with E-state index >= 15 is 0 Å². The maximum absolute atomic E-state index is 12.7. The fraction of sp³-hybridized carbons (Fsp3) is 0.500. The lowest BCUT2D eigenvalue weighted by Crippen LogP contribution is -2.42. The van der Waals surface area contributed by atoms with Crippen LogP contribution in [0.25, 0.3) is 0 Å². The van der Waals surface area contributed by atoms with E-state index in [0.717, 1.165) is 68.2 Å². The molecule has 2 aromatic rings. The Bertz CT molecular complexity index is 958. The molecule has 170 valence electrons. The number of aromatic nitrogens is 1. The van der Waals surface area contributed by atoms with Gasteiger partial charge in [-0.1, -0.05) is 12.8 Å². The van der Waals surface area contributed by atoms with E-state index in [1.165, 1.54) is 12.8 Å². The average molecular weight is 437 g/mol. The third kappa shape index (κ3) is 4.52. The van der Waals surface area contributed by atoms with Crippen molar-refractivity contribution < 1.29 is 9.53 Å². The fourth-order valence-electron chi connectivity index (χ4n) is 4.91. The number of hydrogen-bond acceptors (Lipinski definition) is 7. The highest BCUT2D eigenvalue weighted by Crippen LogP contribution is 2.32. The minimum absolute atomic E-state index is 0.0420. The Kier molecular flexibility index (Phi) is 6.14. The molecule has 1 saturated carbocycles. The van der Waals surface area contributed by atoms with Gasteiger partial charge in [-0.25, -0.2) is 4.98 Å². The second kappa shape index (κ2) is 9.34. The van der Waals surface area contributed by atoms with Crippen LogP contribution >= 0.6 is 0 Å². The molecule has 5 N–H and O–H groups in total. The van der Waals surface area contributed by atoms with E-state index in [9.17, 15) is 4.79 Å². The molecule has 0 radical (unpaired) electrons. The number of benzene rings is 1. The lowest BCUT2D eigenvalue weighted by Gasteiger charge is -2.31. The lowest BCUT2D eigenvalue weighted by atomic mass is 9.90. The molecule has 2 fully saturated rings. The molecule has 1 aromatic carbocycles. The summed E-state index contributed by atoms with van der Waals surface area (Å²) in [6, 6.07) is 8.58. The van der Waals surface area contributed by atoms with Crippen LogP contribution in [0.3, 0.4) is 0 Å². The summed E-state index contributed by atoms with van der Waals surface area (Å²) in [6.45, 7) is 3.89. The van der Waals surface area contributed by atoms with E-state index in [1.807, 2.05) is 18.3 Å². The van der Waals surface area contributed by atoms with Crippen molar-refractivity contribution in [2.75, 3.05) is 48.4 Å². The van der Waals surface area contributed by atoms with Crippen LogP contribution in [-0.4, -0.2) is 55.8 Å². The van der Waals surface area contributed by atoms with Gasteiger partial charge in [0.05, 0.1) is 36.3 Å². The topological polar surface area (TPSA) is 105 Å². The third-order valence-corrected chi connectivity index (χ3v) is 6.69. The van der Waals surface area contributed by atoms with Gasteiger partial charge in [0.15, 0.2) is 0 Å². The van der Waals surface area contributed by atoms with E-state index < -0.39 is 0 Å². The number of amides is 1. The summed E-state index contributed by atoms with van der Waals surface area (Å²) >= 11 is 0. The number of anilines is 4. The Hall–Kier alpha value is -2.84. The molecule has 1 saturated heterocycles. The van der Waals surface area contributed by atoms with Crippen LogP contribution in [0.5, 0.6) is 0 Å². The van der Waals surface area contributed by atoms with Crippen molar-refractivity contribution in [3.63, 3.8) is 0 Å². The summed E-state index contributed by atoms with van der Waals surface area (Å²) in [5.41, 5.74) is 11.0. The second-order valence-electron chi connectivity index (χ2n) is 8.89. The van der Waals surface area contributed by atoms with Gasteiger partial charge < -0.3 is 31.3 Å². The van der Waals surface area contributed by atoms with Crippen molar-refractivity contribution >= 4 is 28.8 Å². The number of hydrogen-bond donors (Lipinski definition) is 4. The number of nitrogens with zero attached hydrogens (tertiary/aromatic N) is 2. The van der Waals surface area contributed by atoms with Gasteiger partial charge in [-0.15, -0.1) is 0 Å². The largest absolute Gasteiger partial charge is 0.381 e. The third-order valence-electron chi connectivity index (χ3n) is 6.69. The zero-order chi connectivity index (χ0) is 21.9. The minimum Gasteiger partial charge on any atom is -0.381 e. The molecule has 1 aromatic heterocycles. The standard InChI is InChI=1S/C24H32N6O2/c25-19-3-1-2-4-20(19)28-17-13-16-7-8-26-24(31)23(16)21(14-17)29-22-6-5-18(15-27-22)30-9-11-32-12-10-30/h5-6,13-15,19-20,28H,1-4,7-12,25H2,(H,26,31)(H,27,29). The first-order chi connectivity index (χ1) is 15.7. The van der Waals surface area contributed by atoms with Crippen LogP contribution in [0.4, 0.5) is 22.9 Å². The molecule has 8 nitrogen and oxygen atoms in total. The van der Waals surface area contributed by atoms with Crippen molar-refractivity contribution in [3.05, 3.63) is 41.6 Å². The van der Waals surface area contributed by atoms with Gasteiger partial charge in [-0.2, -0.15) is 0 Å². The highest BCUT2D eigenvalue weighted by Gasteiger charge is 2.25. The van der Waals surface area contributed by atoms with E-state index in [2.05, 4.69) is 38.0 Å². The minimum atomic E-state index is -0.0420. The van der Waals surface area contributed by atoms with Crippen molar-refractivity contribution in [1.29, 1.82) is 0 Å². The second-order valence-corrected chi connectivity index (χ2v) is 8.89. The Balaban J connectivity index is 1.39. The van der Waals surface area contributed by atoms with Crippen LogP contribution in [0.2, 0.25) is 0 Å². The van der Waals surface area contributed by atoms with Gasteiger partial charge >= 0.3 is 0 Å². The van der Waals surface area contributed by atoms with Crippen LogP contribution in [0.15, 0.2) is 30.5 Å². The molecule has 8 heteroatoms. The molecule has 32 heavy (non-hydrogen) atoms. The molecule has 1 amide bonds. The number of nitrogens with one attached hydrogen (secondary N) is 3. The normalized spacial score (nSPS) is 23.3. The van der Waals surface area contributed by atoms with Gasteiger partial charge in [-0.3, -0.25) is 4.79 Å². The number of fused-ring (bicyclic) bond motifs is 1. The Labute approximate surface area is 188 Å². The summed E-state index contributed by atoms with van der Waals surface area (Å²) in [5.74, 6) is 0.675. The number of nitrogens with two attached hydrogens (primary N) is 1. The molecule has 2 aliphatic heterocycles. The van der Waals surface area contributed by atoms with Crippen LogP contribution in [0.1, 0.15) is 41.6 Å². The van der Waals surface area contributed by atoms with E-state index in [-0.39, 0.29) is 18.0 Å². The maximum Gasteiger partial charge on any atom is 0.253 e. The number of carbonyl (C=O) groups excluding carboxylic acids is 1. The first-order valence-corrected chi connectivity index (χ1v) is 11.7. The molecule has 1 aliphatic carbocycles. The average Bonchev–Trinajstić information content (AvgIpc) is 2.82. The molecule has 2 atom stereocenters. The number of pyridine rings is 1. The number of carbonyl (C=O) groups is 1. The highest BCUT2D eigenvalue weighted by molar-refractivity contribution is 6.03. The highest BCUT2D eigenvalue weighted by atomic mass is 16.5. The summed E-state index contributed by atoms with van der Waals surface area (Å²) in [6.07, 6.45) is 7.21. The maximum atomic E-state index is 12.7. The van der Waals surface area contributed by atoms with E-state index in [4.69, 9.17) is 10.5 Å². The van der Waals surface area contributed by atoms with Crippen molar-refractivity contribution in [1.82, 2.24) is 10.3 Å². The van der Waals surface area contributed by atoms with Crippen LogP contribution in [-0.2, 0) is 11.2 Å². The summed E-state index contributed by atoms with van der Waals surface area (Å²) in [4.78, 5) is 19.6. The van der Waals surface area contributed by atoms with E-state index in [1.54, 1.807) is 0 Å². The smallest absolute Gasteiger partial charge is 0.253 e. The van der Waals surface area contributed by atoms with Crippen LogP contribution < -0.4 is 26.6 Å². The van der Waals surface area contributed by atoms with Gasteiger partial charge in [0.25, 0.3) is 5.91 Å². The SMILES string of the molecule is NC1CCCCC1Nc1cc2c(c(Nc3ccc(N4CCOCC4)cn3)c1)C(=O)NCC2. The molecule has 2 unspecified atom stereocenters. The van der Waals surface area contributed by atoms with Gasteiger partial charge in [0.2, 0.25) is 0 Å². The van der Waals surface area contributed by atoms with Crippen LogP contribution in [0, 0.1) is 0 Å². The fourth-order valence-corrected chi connectivity index (χ4v) is 4.91. The Morgan fingerprint density at radius 1 is 1.16 bits per heavy atom. The molecule has 0 spiro atoms. The van der Waals surface area contributed by atoms with E-state index in [0.29, 0.717) is 17.9 Å². The van der Waals surface area contributed by atoms with Crippen molar-refractivity contribution in [2.45, 2.75) is 44.2 Å². The Morgan fingerprint density at radius 2 is 2.00 bits per heavy atom. The number of morpholine rings is 1. The Morgan fingerprint density at radius 3 is 2.78 bits per heavy atom. The molecule has 3 aliphatic rings. The predicted molar refractivity (Wildman–Crippen MR) is 127 cm³/mol. The zero-order valence-corrected chi connectivity index (χ0v) is 18.4. The number of rotatable bonds is 5. The molecule has 0 bridgehead atoms. The number of ether oxygens (including phenoxy) is 1. The molecule has 5 rings (SSSR count). The predicted octanol–water partition coefficient (Wildman–Crippen LogP) is 2.63. The molecular formula is C24H32N6O2. The molecular weight excluding hydrogens is 404 g/mol. The lowest BCUT2D eigenvalue weighted by molar-refractivity contribution is 0.0947. The van der Waals surface area contributed by atoms with Crippen molar-refractivity contribution in [2.24, 2.45) is 5.73 Å². The first-order valence-electron chi connectivity index (χ1n) is 11.7. The molecule has 3 heterocycles. The quantitative estimate of drug-likeness (QED) is 0.571.